The molecule has 0 spiro atoms. The Balaban J connectivity index is 2.58. The highest BCUT2D eigenvalue weighted by Gasteiger charge is 2.37. The maximum Gasteiger partial charge on any atom is 0.309 e. The van der Waals surface area contributed by atoms with Gasteiger partial charge in [0, 0.05) is 6.20 Å². The molecule has 0 amide bonds. The van der Waals surface area contributed by atoms with Gasteiger partial charge in [0.1, 0.15) is 12.2 Å². The molecule has 1 atom stereocenters. The Bertz CT molecular complexity index is 446. The standard InChI is InChI=1S/C12H15NO4/c1-3-12(15)6-10(14)17-7-8-9(12)4-5-13-11(8)16-2/h4-5,15H,3,6-7H2,1-2H3/t12-/m1/s1. The van der Waals surface area contributed by atoms with Crippen LogP contribution < -0.4 is 4.74 Å². The van der Waals surface area contributed by atoms with Crippen LogP contribution in [0.15, 0.2) is 12.3 Å². The van der Waals surface area contributed by atoms with Gasteiger partial charge in [0.25, 0.3) is 0 Å². The van der Waals surface area contributed by atoms with Crippen molar-refractivity contribution in [2.75, 3.05) is 7.11 Å². The first-order valence-corrected chi connectivity index (χ1v) is 5.51. The highest BCUT2D eigenvalue weighted by atomic mass is 16.5. The number of esters is 1. The molecule has 0 aliphatic carbocycles. The van der Waals surface area contributed by atoms with Gasteiger partial charge >= 0.3 is 5.97 Å². The maximum atomic E-state index is 11.5. The number of methoxy groups -OCH3 is 1. The Labute approximate surface area is 99.4 Å². The van der Waals surface area contributed by atoms with E-state index in [1.165, 1.54) is 7.11 Å². The molecule has 17 heavy (non-hydrogen) atoms. The third-order valence-electron chi connectivity index (χ3n) is 3.11. The van der Waals surface area contributed by atoms with Crippen molar-refractivity contribution in [1.29, 1.82) is 0 Å². The van der Waals surface area contributed by atoms with Crippen LogP contribution in [0.4, 0.5) is 0 Å². The van der Waals surface area contributed by atoms with E-state index in [0.29, 0.717) is 23.4 Å². The summed E-state index contributed by atoms with van der Waals surface area (Å²) >= 11 is 0. The molecule has 0 saturated heterocycles. The minimum absolute atomic E-state index is 0.0380. The van der Waals surface area contributed by atoms with Gasteiger partial charge < -0.3 is 14.6 Å². The molecule has 0 radical (unpaired) electrons. The molecule has 2 heterocycles. The number of ether oxygens (including phenoxy) is 2. The van der Waals surface area contributed by atoms with E-state index in [1.54, 1.807) is 12.3 Å². The van der Waals surface area contributed by atoms with Crippen molar-refractivity contribution in [3.63, 3.8) is 0 Å². The lowest BCUT2D eigenvalue weighted by Crippen LogP contribution is -2.27. The Kier molecular flexibility index (Phi) is 3.02. The van der Waals surface area contributed by atoms with Gasteiger partial charge in [-0.15, -0.1) is 0 Å². The van der Waals surface area contributed by atoms with E-state index in [1.807, 2.05) is 6.92 Å². The molecule has 0 saturated carbocycles. The third-order valence-corrected chi connectivity index (χ3v) is 3.11. The number of aliphatic hydroxyl groups is 1. The van der Waals surface area contributed by atoms with Gasteiger partial charge in [0.15, 0.2) is 0 Å². The normalized spacial score (nSPS) is 23.6. The fraction of sp³-hybridized carbons (Fsp3) is 0.500. The summed E-state index contributed by atoms with van der Waals surface area (Å²) in [5.41, 5.74) is 0.113. The van der Waals surface area contributed by atoms with Gasteiger partial charge in [0.2, 0.25) is 5.88 Å². The highest BCUT2D eigenvalue weighted by molar-refractivity contribution is 5.72. The van der Waals surface area contributed by atoms with Crippen LogP contribution >= 0.6 is 0 Å². The predicted octanol–water partition coefficient (Wildman–Crippen LogP) is 1.13. The molecule has 0 aromatic carbocycles. The number of nitrogens with zero attached hydrogens (tertiary/aromatic N) is 1. The van der Waals surface area contributed by atoms with Crippen molar-refractivity contribution in [2.45, 2.75) is 32.0 Å². The fourth-order valence-corrected chi connectivity index (χ4v) is 2.08. The van der Waals surface area contributed by atoms with Crippen LogP contribution in [-0.4, -0.2) is 23.2 Å². The van der Waals surface area contributed by atoms with Crippen LogP contribution in [0.3, 0.4) is 0 Å². The van der Waals surface area contributed by atoms with Crippen LogP contribution in [0.1, 0.15) is 30.9 Å². The molecule has 0 bridgehead atoms. The summed E-state index contributed by atoms with van der Waals surface area (Å²) in [6, 6.07) is 1.71. The maximum absolute atomic E-state index is 11.5. The molecule has 5 heteroatoms. The number of rotatable bonds is 2. The van der Waals surface area contributed by atoms with Gasteiger partial charge in [0.05, 0.1) is 19.1 Å². The Morgan fingerprint density at radius 3 is 3.06 bits per heavy atom. The summed E-state index contributed by atoms with van der Waals surface area (Å²) < 4.78 is 10.2. The van der Waals surface area contributed by atoms with E-state index >= 15 is 0 Å². The molecular formula is C12H15NO4. The minimum atomic E-state index is -1.20. The number of aromatic nitrogens is 1. The zero-order chi connectivity index (χ0) is 12.5. The molecule has 1 aromatic heterocycles. The fourth-order valence-electron chi connectivity index (χ4n) is 2.08. The first kappa shape index (κ1) is 11.9. The van der Waals surface area contributed by atoms with Gasteiger partial charge in [-0.25, -0.2) is 4.98 Å². The van der Waals surface area contributed by atoms with Crippen LogP contribution in [0.2, 0.25) is 0 Å². The van der Waals surface area contributed by atoms with E-state index < -0.39 is 11.6 Å². The first-order chi connectivity index (χ1) is 8.10. The second-order valence-electron chi connectivity index (χ2n) is 4.07. The SMILES string of the molecule is CC[C@@]1(O)CC(=O)OCc2c1ccnc2OC. The number of hydrogen-bond acceptors (Lipinski definition) is 5. The topological polar surface area (TPSA) is 68.7 Å². The van der Waals surface area contributed by atoms with Crippen LogP contribution in [-0.2, 0) is 21.7 Å². The number of carbonyl (C=O) groups is 1. The van der Waals surface area contributed by atoms with Crippen LogP contribution in [0.5, 0.6) is 5.88 Å². The van der Waals surface area contributed by atoms with Gasteiger partial charge in [-0.1, -0.05) is 6.92 Å². The number of carbonyl (C=O) groups excluding carboxylic acids is 1. The Hall–Kier alpha value is -1.62. The molecule has 1 aliphatic heterocycles. The van der Waals surface area contributed by atoms with Crippen molar-refractivity contribution in [3.05, 3.63) is 23.4 Å². The lowest BCUT2D eigenvalue weighted by atomic mass is 9.86. The molecular weight excluding hydrogens is 222 g/mol. The molecule has 0 fully saturated rings. The third kappa shape index (κ3) is 1.98. The van der Waals surface area contributed by atoms with E-state index in [9.17, 15) is 9.90 Å². The molecule has 92 valence electrons. The van der Waals surface area contributed by atoms with Crippen LogP contribution in [0.25, 0.3) is 0 Å². The summed E-state index contributed by atoms with van der Waals surface area (Å²) in [5.74, 6) is -0.0170. The largest absolute Gasteiger partial charge is 0.481 e. The molecule has 1 aromatic rings. The number of pyridine rings is 1. The summed E-state index contributed by atoms with van der Waals surface area (Å²) in [6.45, 7) is 1.92. The summed E-state index contributed by atoms with van der Waals surface area (Å²) in [4.78, 5) is 15.5. The zero-order valence-electron chi connectivity index (χ0n) is 9.90. The van der Waals surface area contributed by atoms with Crippen LogP contribution in [0, 0.1) is 0 Å². The number of hydrogen-bond donors (Lipinski definition) is 1. The van der Waals surface area contributed by atoms with E-state index in [2.05, 4.69) is 4.98 Å². The smallest absolute Gasteiger partial charge is 0.309 e. The Morgan fingerprint density at radius 2 is 2.41 bits per heavy atom. The van der Waals surface area contributed by atoms with Gasteiger partial charge in [-0.3, -0.25) is 4.79 Å². The van der Waals surface area contributed by atoms with Gasteiger partial charge in [-0.2, -0.15) is 0 Å². The Morgan fingerprint density at radius 1 is 1.65 bits per heavy atom. The number of fused-ring (bicyclic) bond motifs is 1. The zero-order valence-corrected chi connectivity index (χ0v) is 9.90. The monoisotopic (exact) mass is 237 g/mol. The average Bonchev–Trinajstić information content (AvgIpc) is 2.47. The molecule has 2 rings (SSSR count). The van der Waals surface area contributed by atoms with E-state index in [-0.39, 0.29) is 13.0 Å². The van der Waals surface area contributed by atoms with E-state index in [0.717, 1.165) is 0 Å². The second kappa shape index (κ2) is 4.33. The minimum Gasteiger partial charge on any atom is -0.481 e. The molecule has 5 nitrogen and oxygen atoms in total. The summed E-state index contributed by atoms with van der Waals surface area (Å²) in [7, 11) is 1.50. The lowest BCUT2D eigenvalue weighted by Gasteiger charge is -2.25. The van der Waals surface area contributed by atoms with Gasteiger partial charge in [-0.05, 0) is 18.1 Å². The molecule has 1 N–H and O–H groups in total. The van der Waals surface area contributed by atoms with Crippen molar-refractivity contribution >= 4 is 5.97 Å². The van der Waals surface area contributed by atoms with Crippen molar-refractivity contribution in [1.82, 2.24) is 4.98 Å². The second-order valence-corrected chi connectivity index (χ2v) is 4.07. The van der Waals surface area contributed by atoms with Crippen molar-refractivity contribution in [2.24, 2.45) is 0 Å². The highest BCUT2D eigenvalue weighted by Crippen LogP contribution is 2.37. The number of cyclic esters (lactones) is 1. The lowest BCUT2D eigenvalue weighted by molar-refractivity contribution is -0.149. The summed E-state index contributed by atoms with van der Waals surface area (Å²) in [5, 5.41) is 10.5. The first-order valence-electron chi connectivity index (χ1n) is 5.51. The summed E-state index contributed by atoms with van der Waals surface area (Å²) in [6.07, 6.45) is 1.96. The van der Waals surface area contributed by atoms with Crippen molar-refractivity contribution in [3.8, 4) is 5.88 Å². The average molecular weight is 237 g/mol. The van der Waals surface area contributed by atoms with Crippen molar-refractivity contribution < 1.29 is 19.4 Å². The predicted molar refractivity (Wildman–Crippen MR) is 59.4 cm³/mol. The quantitative estimate of drug-likeness (QED) is 0.781. The van der Waals surface area contributed by atoms with E-state index in [4.69, 9.17) is 9.47 Å². The molecule has 0 unspecified atom stereocenters. The molecule has 1 aliphatic rings.